The first-order valence-electron chi connectivity index (χ1n) is 7.24. The Morgan fingerprint density at radius 2 is 1.96 bits per heavy atom. The van der Waals surface area contributed by atoms with E-state index in [2.05, 4.69) is 9.97 Å². The lowest BCUT2D eigenvalue weighted by Gasteiger charge is -2.06. The molecule has 3 heterocycles. The van der Waals surface area contributed by atoms with Crippen molar-refractivity contribution in [1.29, 1.82) is 0 Å². The molecule has 0 aliphatic rings. The van der Waals surface area contributed by atoms with Crippen molar-refractivity contribution in [3.8, 4) is 11.1 Å². The Labute approximate surface area is 136 Å². The summed E-state index contributed by atoms with van der Waals surface area (Å²) < 4.78 is 1.64. The van der Waals surface area contributed by atoms with Crippen LogP contribution in [0.2, 0.25) is 0 Å². The molecule has 0 aliphatic heterocycles. The molecule has 0 fully saturated rings. The molecule has 4 aromatic rings. The molecular weight excluding hydrogens is 306 g/mol. The Kier molecular flexibility index (Phi) is 3.48. The smallest absolute Gasteiger partial charge is 0.263 e. The fourth-order valence-corrected chi connectivity index (χ4v) is 3.51. The molecule has 112 valence electrons. The molecule has 0 unspecified atom stereocenters. The number of nitrogens with zero attached hydrogens (tertiary/aromatic N) is 3. The lowest BCUT2D eigenvalue weighted by Crippen LogP contribution is -2.21. The molecule has 3 aromatic heterocycles. The van der Waals surface area contributed by atoms with Crippen LogP contribution in [0.4, 0.5) is 0 Å². The van der Waals surface area contributed by atoms with Crippen molar-refractivity contribution >= 4 is 21.6 Å². The number of thiophene rings is 1. The zero-order valence-corrected chi connectivity index (χ0v) is 13.0. The Balaban J connectivity index is 1.86. The van der Waals surface area contributed by atoms with Gasteiger partial charge >= 0.3 is 0 Å². The van der Waals surface area contributed by atoms with E-state index in [0.717, 1.165) is 21.5 Å². The van der Waals surface area contributed by atoms with Gasteiger partial charge in [0.1, 0.15) is 4.83 Å². The van der Waals surface area contributed by atoms with E-state index in [4.69, 9.17) is 0 Å². The monoisotopic (exact) mass is 319 g/mol. The number of benzene rings is 1. The Morgan fingerprint density at radius 3 is 2.74 bits per heavy atom. The van der Waals surface area contributed by atoms with E-state index in [1.165, 1.54) is 11.3 Å². The van der Waals surface area contributed by atoms with Gasteiger partial charge < -0.3 is 0 Å². The van der Waals surface area contributed by atoms with E-state index in [0.29, 0.717) is 11.9 Å². The highest BCUT2D eigenvalue weighted by atomic mass is 32.1. The third kappa shape index (κ3) is 2.55. The van der Waals surface area contributed by atoms with Crippen molar-refractivity contribution in [2.45, 2.75) is 6.54 Å². The van der Waals surface area contributed by atoms with Crippen molar-refractivity contribution in [3.05, 3.63) is 82.5 Å². The second-order valence-electron chi connectivity index (χ2n) is 5.23. The van der Waals surface area contributed by atoms with Crippen molar-refractivity contribution in [2.24, 2.45) is 0 Å². The van der Waals surface area contributed by atoms with Gasteiger partial charge in [-0.25, -0.2) is 4.98 Å². The Morgan fingerprint density at radius 1 is 1.09 bits per heavy atom. The molecule has 0 bridgehead atoms. The average Bonchev–Trinajstić information content (AvgIpc) is 3.04. The normalized spacial score (nSPS) is 11.0. The summed E-state index contributed by atoms with van der Waals surface area (Å²) in [4.78, 5) is 22.2. The van der Waals surface area contributed by atoms with E-state index >= 15 is 0 Å². The average molecular weight is 319 g/mol. The van der Waals surface area contributed by atoms with E-state index < -0.39 is 0 Å². The molecule has 4 rings (SSSR count). The highest BCUT2D eigenvalue weighted by molar-refractivity contribution is 7.17. The summed E-state index contributed by atoms with van der Waals surface area (Å²) in [6.07, 6.45) is 5.10. The highest BCUT2D eigenvalue weighted by Crippen LogP contribution is 2.30. The molecule has 0 radical (unpaired) electrons. The topological polar surface area (TPSA) is 47.8 Å². The molecule has 0 amide bonds. The minimum atomic E-state index is -0.0149. The fraction of sp³-hybridized carbons (Fsp3) is 0.0556. The van der Waals surface area contributed by atoms with Crippen molar-refractivity contribution in [3.63, 3.8) is 0 Å². The van der Waals surface area contributed by atoms with Crippen LogP contribution < -0.4 is 5.56 Å². The number of aromatic nitrogens is 3. The first-order chi connectivity index (χ1) is 11.3. The van der Waals surface area contributed by atoms with Gasteiger partial charge in [-0.3, -0.25) is 14.3 Å². The molecule has 0 saturated carbocycles. The molecule has 0 N–H and O–H groups in total. The third-order valence-electron chi connectivity index (χ3n) is 3.72. The second-order valence-corrected chi connectivity index (χ2v) is 6.09. The summed E-state index contributed by atoms with van der Waals surface area (Å²) in [6, 6.07) is 13.8. The molecule has 0 spiro atoms. The number of pyridine rings is 1. The van der Waals surface area contributed by atoms with Crippen LogP contribution in [-0.2, 0) is 6.54 Å². The predicted octanol–water partition coefficient (Wildman–Crippen LogP) is 3.57. The van der Waals surface area contributed by atoms with Gasteiger partial charge in [0.05, 0.1) is 18.3 Å². The third-order valence-corrected chi connectivity index (χ3v) is 4.61. The molecule has 4 nitrogen and oxygen atoms in total. The van der Waals surface area contributed by atoms with Crippen LogP contribution in [0.5, 0.6) is 0 Å². The maximum Gasteiger partial charge on any atom is 0.263 e. The van der Waals surface area contributed by atoms with E-state index in [1.54, 1.807) is 23.3 Å². The van der Waals surface area contributed by atoms with Gasteiger partial charge in [0, 0.05) is 23.3 Å². The maximum atomic E-state index is 12.9. The molecule has 23 heavy (non-hydrogen) atoms. The van der Waals surface area contributed by atoms with Crippen molar-refractivity contribution in [1.82, 2.24) is 14.5 Å². The number of hydrogen-bond acceptors (Lipinski definition) is 4. The quantitative estimate of drug-likeness (QED) is 0.580. The lowest BCUT2D eigenvalue weighted by atomic mass is 10.1. The van der Waals surface area contributed by atoms with Crippen LogP contribution in [0.25, 0.3) is 21.3 Å². The lowest BCUT2D eigenvalue weighted by molar-refractivity contribution is 0.746. The summed E-state index contributed by atoms with van der Waals surface area (Å²) in [5, 5.41) is 2.69. The summed E-state index contributed by atoms with van der Waals surface area (Å²) in [5.41, 5.74) is 2.95. The van der Waals surface area contributed by atoms with Gasteiger partial charge in [0.15, 0.2) is 0 Å². The summed E-state index contributed by atoms with van der Waals surface area (Å²) in [6.45, 7) is 0.472. The fourth-order valence-electron chi connectivity index (χ4n) is 2.60. The Bertz CT molecular complexity index is 1010. The van der Waals surface area contributed by atoms with Crippen molar-refractivity contribution < 1.29 is 0 Å². The number of hydrogen-bond donors (Lipinski definition) is 0. The number of rotatable bonds is 3. The maximum absolute atomic E-state index is 12.9. The van der Waals surface area contributed by atoms with E-state index in [9.17, 15) is 4.79 Å². The summed E-state index contributed by atoms with van der Waals surface area (Å²) >= 11 is 1.50. The van der Waals surface area contributed by atoms with Crippen LogP contribution in [0.1, 0.15) is 5.56 Å². The van der Waals surface area contributed by atoms with Gasteiger partial charge in [0.2, 0.25) is 0 Å². The van der Waals surface area contributed by atoms with Crippen LogP contribution >= 0.6 is 11.3 Å². The van der Waals surface area contributed by atoms with Gasteiger partial charge in [-0.05, 0) is 17.2 Å². The SMILES string of the molecule is O=c1c2c(-c3ccccc3)csc2ncn1Cc1cccnc1. The van der Waals surface area contributed by atoms with Crippen LogP contribution in [0.3, 0.4) is 0 Å². The molecule has 1 aromatic carbocycles. The summed E-state index contributed by atoms with van der Waals surface area (Å²) in [5.74, 6) is 0. The largest absolute Gasteiger partial charge is 0.294 e. The van der Waals surface area contributed by atoms with Gasteiger partial charge in [0.25, 0.3) is 5.56 Å². The van der Waals surface area contributed by atoms with E-state index in [1.807, 2.05) is 47.8 Å². The van der Waals surface area contributed by atoms with Crippen LogP contribution in [0, 0.1) is 0 Å². The van der Waals surface area contributed by atoms with Crippen molar-refractivity contribution in [2.75, 3.05) is 0 Å². The molecule has 5 heteroatoms. The number of fused-ring (bicyclic) bond motifs is 1. The first kappa shape index (κ1) is 13.8. The minimum absolute atomic E-state index is 0.0149. The molecule has 0 atom stereocenters. The van der Waals surface area contributed by atoms with Gasteiger partial charge in [-0.1, -0.05) is 36.4 Å². The molecule has 0 aliphatic carbocycles. The predicted molar refractivity (Wildman–Crippen MR) is 92.7 cm³/mol. The minimum Gasteiger partial charge on any atom is -0.294 e. The first-order valence-corrected chi connectivity index (χ1v) is 8.12. The van der Waals surface area contributed by atoms with Crippen LogP contribution in [0.15, 0.2) is 71.4 Å². The highest BCUT2D eigenvalue weighted by Gasteiger charge is 2.13. The molecule has 0 saturated heterocycles. The van der Waals surface area contributed by atoms with E-state index in [-0.39, 0.29) is 5.56 Å². The van der Waals surface area contributed by atoms with Gasteiger partial charge in [-0.2, -0.15) is 0 Å². The second kappa shape index (κ2) is 5.78. The zero-order chi connectivity index (χ0) is 15.6. The zero-order valence-electron chi connectivity index (χ0n) is 12.2. The molecular formula is C18H13N3OS. The summed E-state index contributed by atoms with van der Waals surface area (Å²) in [7, 11) is 0. The van der Waals surface area contributed by atoms with Gasteiger partial charge in [-0.15, -0.1) is 11.3 Å². The van der Waals surface area contributed by atoms with Crippen LogP contribution in [-0.4, -0.2) is 14.5 Å². The standard InChI is InChI=1S/C18H13N3OS/c22-18-16-15(14-6-2-1-3-7-14)11-23-17(16)20-12-21(18)10-13-5-4-8-19-9-13/h1-9,11-12H,10H2. The Hall–Kier alpha value is -2.79.